The van der Waals surface area contributed by atoms with Crippen molar-refractivity contribution in [3.05, 3.63) is 34.9 Å². The van der Waals surface area contributed by atoms with E-state index in [0.717, 1.165) is 57.3 Å². The molecular formula is C21H27F3N2O2. The quantitative estimate of drug-likeness (QED) is 0.766. The van der Waals surface area contributed by atoms with Gasteiger partial charge in [-0.3, -0.25) is 14.6 Å². The number of carbonyl (C=O) groups is 1. The van der Waals surface area contributed by atoms with Crippen molar-refractivity contribution in [1.82, 2.24) is 9.80 Å². The summed E-state index contributed by atoms with van der Waals surface area (Å²) >= 11 is 0. The topological polar surface area (TPSA) is 32.8 Å². The van der Waals surface area contributed by atoms with Crippen LogP contribution in [0.4, 0.5) is 13.2 Å². The molecule has 2 unspecified atom stereocenters. The molecule has 0 amide bonds. The molecule has 3 aliphatic heterocycles. The molecule has 154 valence electrons. The van der Waals surface area contributed by atoms with Crippen molar-refractivity contribution in [2.45, 2.75) is 44.4 Å². The Hall–Kier alpha value is -1.44. The van der Waals surface area contributed by atoms with E-state index >= 15 is 0 Å². The van der Waals surface area contributed by atoms with Crippen LogP contribution < -0.4 is 0 Å². The number of alkyl halides is 3. The predicted octanol–water partition coefficient (Wildman–Crippen LogP) is 3.13. The molecule has 0 aliphatic carbocycles. The normalized spacial score (nSPS) is 26.5. The Morgan fingerprint density at radius 2 is 2.04 bits per heavy atom. The summed E-state index contributed by atoms with van der Waals surface area (Å²) in [7, 11) is 0. The van der Waals surface area contributed by atoms with Gasteiger partial charge in [0.05, 0.1) is 18.7 Å². The Kier molecular flexibility index (Phi) is 5.76. The minimum absolute atomic E-state index is 0.199. The van der Waals surface area contributed by atoms with Crippen LogP contribution in [0.25, 0.3) is 0 Å². The highest BCUT2D eigenvalue weighted by Gasteiger charge is 2.33. The minimum Gasteiger partial charge on any atom is -0.380 e. The van der Waals surface area contributed by atoms with E-state index in [2.05, 4.69) is 4.90 Å². The van der Waals surface area contributed by atoms with Crippen molar-refractivity contribution in [1.29, 1.82) is 0 Å². The number of likely N-dealkylation sites (tertiary alicyclic amines) is 1. The van der Waals surface area contributed by atoms with E-state index < -0.39 is 11.7 Å². The first-order valence-corrected chi connectivity index (χ1v) is 10.1. The van der Waals surface area contributed by atoms with E-state index in [9.17, 15) is 18.0 Å². The molecule has 7 heteroatoms. The number of halogens is 3. The third-order valence-corrected chi connectivity index (χ3v) is 6.28. The van der Waals surface area contributed by atoms with E-state index in [1.165, 1.54) is 6.07 Å². The van der Waals surface area contributed by atoms with Gasteiger partial charge in [-0.25, -0.2) is 0 Å². The van der Waals surface area contributed by atoms with Crippen LogP contribution in [-0.2, 0) is 28.7 Å². The Balaban J connectivity index is 1.29. The third kappa shape index (κ3) is 4.58. The zero-order chi connectivity index (χ0) is 19.7. The number of fused-ring (bicyclic) bond motifs is 1. The van der Waals surface area contributed by atoms with Gasteiger partial charge in [0, 0.05) is 38.7 Å². The number of ketones is 1. The fourth-order valence-corrected chi connectivity index (χ4v) is 4.73. The van der Waals surface area contributed by atoms with Crippen LogP contribution in [0.15, 0.2) is 18.2 Å². The predicted molar refractivity (Wildman–Crippen MR) is 99.0 cm³/mol. The Morgan fingerprint density at radius 3 is 2.79 bits per heavy atom. The third-order valence-electron chi connectivity index (χ3n) is 6.28. The van der Waals surface area contributed by atoms with Crippen molar-refractivity contribution in [2.24, 2.45) is 5.92 Å². The lowest BCUT2D eigenvalue weighted by molar-refractivity contribution is -0.137. The summed E-state index contributed by atoms with van der Waals surface area (Å²) in [6.07, 6.45) is -0.949. The zero-order valence-corrected chi connectivity index (χ0v) is 16.0. The second kappa shape index (κ2) is 8.13. The fraction of sp³-hybridized carbons (Fsp3) is 0.667. The maximum absolute atomic E-state index is 13.0. The average molecular weight is 396 g/mol. The van der Waals surface area contributed by atoms with Crippen molar-refractivity contribution in [3.8, 4) is 0 Å². The molecule has 0 aromatic heterocycles. The highest BCUT2D eigenvalue weighted by Crippen LogP contribution is 2.32. The molecule has 1 aromatic rings. The molecule has 2 fully saturated rings. The van der Waals surface area contributed by atoms with Gasteiger partial charge in [-0.05, 0) is 55.0 Å². The summed E-state index contributed by atoms with van der Waals surface area (Å²) in [4.78, 5) is 17.0. The highest BCUT2D eigenvalue weighted by molar-refractivity contribution is 5.80. The van der Waals surface area contributed by atoms with Gasteiger partial charge in [0.1, 0.15) is 5.78 Å². The maximum atomic E-state index is 13.0. The molecule has 0 spiro atoms. The van der Waals surface area contributed by atoms with E-state index in [1.807, 2.05) is 4.90 Å². The summed E-state index contributed by atoms with van der Waals surface area (Å²) in [6, 6.07) is 4.48. The molecule has 3 aliphatic rings. The molecule has 4 nitrogen and oxygen atoms in total. The summed E-state index contributed by atoms with van der Waals surface area (Å²) in [5.74, 6) is 0.590. The van der Waals surface area contributed by atoms with Gasteiger partial charge in [-0.2, -0.15) is 13.2 Å². The maximum Gasteiger partial charge on any atom is 0.416 e. The molecule has 2 atom stereocenters. The Labute approximate surface area is 163 Å². The van der Waals surface area contributed by atoms with Crippen molar-refractivity contribution in [2.75, 3.05) is 39.4 Å². The summed E-state index contributed by atoms with van der Waals surface area (Å²) in [6.45, 7) is 5.09. The fourth-order valence-electron chi connectivity index (χ4n) is 4.73. The van der Waals surface area contributed by atoms with Gasteiger partial charge in [0.15, 0.2) is 0 Å². The zero-order valence-electron chi connectivity index (χ0n) is 16.0. The lowest BCUT2D eigenvalue weighted by Gasteiger charge is -2.29. The van der Waals surface area contributed by atoms with Crippen LogP contribution in [0.3, 0.4) is 0 Å². The average Bonchev–Trinajstić information content (AvgIpc) is 3.31. The molecule has 1 aromatic carbocycles. The van der Waals surface area contributed by atoms with Gasteiger partial charge in [0.2, 0.25) is 0 Å². The molecule has 4 rings (SSSR count). The summed E-state index contributed by atoms with van der Waals surface area (Å²) in [5, 5.41) is 0. The van der Waals surface area contributed by atoms with Crippen molar-refractivity contribution in [3.63, 3.8) is 0 Å². The first-order chi connectivity index (χ1) is 13.4. The SMILES string of the molecule is O=C(CC1CCN(C2CCOC2)C1)CN1CCc2ccc(C(F)(F)F)cc2C1. The first kappa shape index (κ1) is 19.9. The Bertz CT molecular complexity index is 716. The standard InChI is InChI=1S/C21H27F3N2O2/c22-21(23,24)18-2-1-16-4-6-25(12-17(16)10-18)13-20(27)9-15-3-7-26(11-15)19-5-8-28-14-19/h1-2,10,15,19H,3-9,11-14H2. The number of benzene rings is 1. The van der Waals surface area contributed by atoms with Gasteiger partial charge in [-0.1, -0.05) is 6.07 Å². The van der Waals surface area contributed by atoms with Crippen LogP contribution in [-0.4, -0.2) is 61.0 Å². The summed E-state index contributed by atoms with van der Waals surface area (Å²) in [5.41, 5.74) is 1.05. The number of rotatable bonds is 5. The van der Waals surface area contributed by atoms with E-state index in [4.69, 9.17) is 4.74 Å². The van der Waals surface area contributed by atoms with Crippen LogP contribution in [0.5, 0.6) is 0 Å². The minimum atomic E-state index is -4.33. The second-order valence-corrected chi connectivity index (χ2v) is 8.35. The molecule has 0 N–H and O–H groups in total. The van der Waals surface area contributed by atoms with Crippen LogP contribution >= 0.6 is 0 Å². The number of Topliss-reactive ketones (excluding diaryl/α,β-unsaturated/α-hetero) is 1. The van der Waals surface area contributed by atoms with Crippen LogP contribution in [0, 0.1) is 5.92 Å². The largest absolute Gasteiger partial charge is 0.416 e. The molecule has 0 radical (unpaired) electrons. The first-order valence-electron chi connectivity index (χ1n) is 10.1. The van der Waals surface area contributed by atoms with Gasteiger partial charge >= 0.3 is 6.18 Å². The summed E-state index contributed by atoms with van der Waals surface area (Å²) < 4.78 is 44.3. The number of ether oxygens (including phenoxy) is 1. The van der Waals surface area contributed by atoms with E-state index in [1.54, 1.807) is 6.07 Å². The smallest absolute Gasteiger partial charge is 0.380 e. The number of nitrogens with zero attached hydrogens (tertiary/aromatic N) is 2. The molecular weight excluding hydrogens is 369 g/mol. The van der Waals surface area contributed by atoms with Crippen LogP contribution in [0.2, 0.25) is 0 Å². The highest BCUT2D eigenvalue weighted by atomic mass is 19.4. The molecule has 28 heavy (non-hydrogen) atoms. The second-order valence-electron chi connectivity index (χ2n) is 8.35. The Morgan fingerprint density at radius 1 is 1.18 bits per heavy atom. The molecule has 2 saturated heterocycles. The van der Waals surface area contributed by atoms with Crippen molar-refractivity contribution >= 4 is 5.78 Å². The molecule has 0 saturated carbocycles. The van der Waals surface area contributed by atoms with E-state index in [0.29, 0.717) is 43.5 Å². The lowest BCUT2D eigenvalue weighted by Crippen LogP contribution is -2.36. The lowest BCUT2D eigenvalue weighted by atomic mass is 9.96. The number of carbonyl (C=O) groups excluding carboxylic acids is 1. The number of hydrogen-bond acceptors (Lipinski definition) is 4. The molecule has 0 bridgehead atoms. The van der Waals surface area contributed by atoms with Crippen LogP contribution in [0.1, 0.15) is 36.0 Å². The van der Waals surface area contributed by atoms with Gasteiger partial charge < -0.3 is 4.74 Å². The van der Waals surface area contributed by atoms with Gasteiger partial charge in [0.25, 0.3) is 0 Å². The van der Waals surface area contributed by atoms with E-state index in [-0.39, 0.29) is 5.78 Å². The van der Waals surface area contributed by atoms with Crippen molar-refractivity contribution < 1.29 is 22.7 Å². The monoisotopic (exact) mass is 396 g/mol. The van der Waals surface area contributed by atoms with Gasteiger partial charge in [-0.15, -0.1) is 0 Å². The number of hydrogen-bond donors (Lipinski definition) is 0. The molecule has 3 heterocycles.